The Kier molecular flexibility index (Phi) is 4.68. The van der Waals surface area contributed by atoms with Crippen molar-refractivity contribution < 1.29 is 9.59 Å². The number of likely N-dealkylation sites (N-methyl/N-ethyl adjacent to an activating group) is 1. The molecule has 0 saturated carbocycles. The Morgan fingerprint density at radius 2 is 1.88 bits per heavy atom. The Balaban J connectivity index is 2.88. The molecule has 1 rings (SSSR count). The van der Waals surface area contributed by atoms with Gasteiger partial charge in [-0.1, -0.05) is 27.2 Å². The lowest BCUT2D eigenvalue weighted by Gasteiger charge is -2.29. The molecule has 1 N–H and O–H groups in total. The monoisotopic (exact) mass is 224 g/mol. The molecule has 1 atom stereocenters. The number of imide groups is 1. The Morgan fingerprint density at radius 3 is 2.25 bits per heavy atom. The second-order valence-electron chi connectivity index (χ2n) is 3.94. The van der Waals surface area contributed by atoms with Gasteiger partial charge in [0.15, 0.2) is 0 Å². The maximum Gasteiger partial charge on any atom is 0.255 e. The number of nitrogens with zero attached hydrogens (tertiary/aromatic N) is 1. The van der Waals surface area contributed by atoms with E-state index < -0.39 is 0 Å². The lowest BCUT2D eigenvalue weighted by Crippen LogP contribution is -2.39. The molecule has 0 radical (unpaired) electrons. The van der Waals surface area contributed by atoms with Crippen LogP contribution in [0.25, 0.3) is 0 Å². The summed E-state index contributed by atoms with van der Waals surface area (Å²) < 4.78 is 0. The van der Waals surface area contributed by atoms with Crippen LogP contribution in [0.2, 0.25) is 0 Å². The topological polar surface area (TPSA) is 49.4 Å². The largest absolute Gasteiger partial charge is 0.297 e. The molecule has 90 valence electrons. The highest BCUT2D eigenvalue weighted by Crippen LogP contribution is 2.19. The molecular weight excluding hydrogens is 204 g/mol. The van der Waals surface area contributed by atoms with Crippen molar-refractivity contribution in [3.8, 4) is 0 Å². The van der Waals surface area contributed by atoms with Gasteiger partial charge in [0.25, 0.3) is 11.8 Å². The number of carbonyl (C=O) groups is 2. The fourth-order valence-electron chi connectivity index (χ4n) is 2.15. The SMILES string of the molecule is CCCC(C1=CC(=O)NC1=O)N(CC)CC. The van der Waals surface area contributed by atoms with Crippen LogP contribution in [0.5, 0.6) is 0 Å². The number of amides is 2. The van der Waals surface area contributed by atoms with Crippen molar-refractivity contribution in [1.29, 1.82) is 0 Å². The third-order valence-electron chi connectivity index (χ3n) is 2.96. The van der Waals surface area contributed by atoms with Gasteiger partial charge in [0.05, 0.1) is 0 Å². The van der Waals surface area contributed by atoms with Crippen molar-refractivity contribution in [2.45, 2.75) is 39.7 Å². The molecule has 1 heterocycles. The minimum atomic E-state index is -0.284. The standard InChI is InChI=1S/C12H20N2O2/c1-4-7-10(14(5-2)6-3)9-8-11(15)13-12(9)16/h8,10H,4-7H2,1-3H3,(H,13,15,16). The molecule has 0 saturated heterocycles. The van der Waals surface area contributed by atoms with Crippen LogP contribution in [0, 0.1) is 0 Å². The maximum atomic E-state index is 11.6. The highest BCUT2D eigenvalue weighted by molar-refractivity contribution is 6.16. The first kappa shape index (κ1) is 12.9. The minimum absolute atomic E-state index is 0.0754. The van der Waals surface area contributed by atoms with Crippen LogP contribution in [-0.4, -0.2) is 35.8 Å². The van der Waals surface area contributed by atoms with Gasteiger partial charge in [-0.2, -0.15) is 0 Å². The highest BCUT2D eigenvalue weighted by atomic mass is 16.2. The summed E-state index contributed by atoms with van der Waals surface area (Å²) in [6, 6.07) is 0.0754. The van der Waals surface area contributed by atoms with E-state index in [1.807, 2.05) is 0 Å². The van der Waals surface area contributed by atoms with E-state index in [4.69, 9.17) is 0 Å². The van der Waals surface area contributed by atoms with Crippen molar-refractivity contribution in [3.63, 3.8) is 0 Å². The van der Waals surface area contributed by atoms with Crippen LogP contribution in [0.1, 0.15) is 33.6 Å². The molecule has 0 spiro atoms. The summed E-state index contributed by atoms with van der Waals surface area (Å²) in [5.41, 5.74) is 0.621. The molecule has 1 aliphatic heterocycles. The summed E-state index contributed by atoms with van der Waals surface area (Å²) in [7, 11) is 0. The number of carbonyl (C=O) groups excluding carboxylic acids is 2. The van der Waals surface area contributed by atoms with Gasteiger partial charge in [0.1, 0.15) is 0 Å². The fraction of sp³-hybridized carbons (Fsp3) is 0.667. The molecule has 4 nitrogen and oxygen atoms in total. The maximum absolute atomic E-state index is 11.6. The lowest BCUT2D eigenvalue weighted by molar-refractivity contribution is -0.124. The van der Waals surface area contributed by atoms with Crippen LogP contribution in [0.4, 0.5) is 0 Å². The normalized spacial score (nSPS) is 17.6. The molecule has 2 amide bonds. The summed E-state index contributed by atoms with van der Waals surface area (Å²) in [6.07, 6.45) is 3.36. The van der Waals surface area contributed by atoms with Gasteiger partial charge < -0.3 is 0 Å². The Bertz CT molecular complexity index is 306. The van der Waals surface area contributed by atoms with Gasteiger partial charge in [0.2, 0.25) is 0 Å². The van der Waals surface area contributed by atoms with E-state index in [0.717, 1.165) is 25.9 Å². The zero-order chi connectivity index (χ0) is 12.1. The molecule has 0 aliphatic carbocycles. The zero-order valence-corrected chi connectivity index (χ0v) is 10.2. The fourth-order valence-corrected chi connectivity index (χ4v) is 2.15. The molecular formula is C12H20N2O2. The second-order valence-corrected chi connectivity index (χ2v) is 3.94. The highest BCUT2D eigenvalue weighted by Gasteiger charge is 2.30. The van der Waals surface area contributed by atoms with Crippen LogP contribution in [0.15, 0.2) is 11.6 Å². The van der Waals surface area contributed by atoms with Crippen molar-refractivity contribution in [2.24, 2.45) is 0 Å². The zero-order valence-electron chi connectivity index (χ0n) is 10.2. The number of nitrogens with one attached hydrogen (secondary N) is 1. The van der Waals surface area contributed by atoms with Crippen molar-refractivity contribution in [2.75, 3.05) is 13.1 Å². The summed E-state index contributed by atoms with van der Waals surface area (Å²) in [5.74, 6) is -0.511. The van der Waals surface area contributed by atoms with Gasteiger partial charge in [-0.25, -0.2) is 0 Å². The first-order chi connectivity index (χ1) is 7.63. The second kappa shape index (κ2) is 5.80. The molecule has 0 aromatic heterocycles. The van der Waals surface area contributed by atoms with Crippen molar-refractivity contribution in [3.05, 3.63) is 11.6 Å². The van der Waals surface area contributed by atoms with Crippen LogP contribution in [0.3, 0.4) is 0 Å². The third kappa shape index (κ3) is 2.70. The Morgan fingerprint density at radius 1 is 1.25 bits per heavy atom. The van der Waals surface area contributed by atoms with Gasteiger partial charge in [0, 0.05) is 17.7 Å². The molecule has 1 aliphatic rings. The van der Waals surface area contributed by atoms with Gasteiger partial charge in [-0.3, -0.25) is 19.8 Å². The summed E-state index contributed by atoms with van der Waals surface area (Å²) in [5, 5.41) is 2.31. The van der Waals surface area contributed by atoms with Gasteiger partial charge in [-0.05, 0) is 19.5 Å². The first-order valence-electron chi connectivity index (χ1n) is 5.94. The van der Waals surface area contributed by atoms with E-state index in [-0.39, 0.29) is 17.9 Å². The van der Waals surface area contributed by atoms with Gasteiger partial charge in [-0.15, -0.1) is 0 Å². The first-order valence-corrected chi connectivity index (χ1v) is 5.94. The third-order valence-corrected chi connectivity index (χ3v) is 2.96. The molecule has 0 fully saturated rings. The van der Waals surface area contributed by atoms with Crippen molar-refractivity contribution >= 4 is 11.8 Å². The van der Waals surface area contributed by atoms with Gasteiger partial charge >= 0.3 is 0 Å². The minimum Gasteiger partial charge on any atom is -0.297 e. The predicted molar refractivity (Wildman–Crippen MR) is 62.8 cm³/mol. The number of hydrogen-bond donors (Lipinski definition) is 1. The van der Waals surface area contributed by atoms with E-state index in [0.29, 0.717) is 5.57 Å². The molecule has 0 bridgehead atoms. The average Bonchev–Trinajstić information content (AvgIpc) is 2.58. The summed E-state index contributed by atoms with van der Waals surface area (Å²) in [6.45, 7) is 8.01. The molecule has 16 heavy (non-hydrogen) atoms. The molecule has 0 aromatic carbocycles. The van der Waals surface area contributed by atoms with Crippen LogP contribution < -0.4 is 5.32 Å². The molecule has 0 aromatic rings. The lowest BCUT2D eigenvalue weighted by atomic mass is 10.0. The van der Waals surface area contributed by atoms with Crippen LogP contribution >= 0.6 is 0 Å². The van der Waals surface area contributed by atoms with Crippen molar-refractivity contribution in [1.82, 2.24) is 10.2 Å². The molecule has 4 heteroatoms. The van der Waals surface area contributed by atoms with E-state index >= 15 is 0 Å². The number of hydrogen-bond acceptors (Lipinski definition) is 3. The van der Waals surface area contributed by atoms with E-state index in [9.17, 15) is 9.59 Å². The Labute approximate surface area is 96.7 Å². The smallest absolute Gasteiger partial charge is 0.255 e. The van der Waals surface area contributed by atoms with E-state index in [1.165, 1.54) is 6.08 Å². The average molecular weight is 224 g/mol. The quantitative estimate of drug-likeness (QED) is 0.687. The van der Waals surface area contributed by atoms with E-state index in [1.54, 1.807) is 0 Å². The molecule has 1 unspecified atom stereocenters. The number of rotatable bonds is 6. The Hall–Kier alpha value is -1.16. The summed E-state index contributed by atoms with van der Waals surface area (Å²) >= 11 is 0. The van der Waals surface area contributed by atoms with Crippen LogP contribution in [-0.2, 0) is 9.59 Å². The summed E-state index contributed by atoms with van der Waals surface area (Å²) in [4.78, 5) is 25.0. The van der Waals surface area contributed by atoms with E-state index in [2.05, 4.69) is 31.0 Å². The predicted octanol–water partition coefficient (Wildman–Crippen LogP) is 1.08.